The third-order valence-corrected chi connectivity index (χ3v) is 7.01. The molecule has 2 unspecified atom stereocenters. The van der Waals surface area contributed by atoms with Gasteiger partial charge in [-0.25, -0.2) is 4.79 Å². The number of carbonyl (C=O) groups is 2. The maximum absolute atomic E-state index is 12.7. The molecule has 3 aliphatic carbocycles. The molecular formula is C23H32N2O3. The number of benzene rings is 1. The highest BCUT2D eigenvalue weighted by Crippen LogP contribution is 2.58. The van der Waals surface area contributed by atoms with Crippen molar-refractivity contribution in [2.45, 2.75) is 57.9 Å². The van der Waals surface area contributed by atoms with Crippen molar-refractivity contribution in [1.29, 1.82) is 0 Å². The van der Waals surface area contributed by atoms with Gasteiger partial charge in [-0.1, -0.05) is 32.0 Å². The molecule has 3 fully saturated rings. The van der Waals surface area contributed by atoms with Gasteiger partial charge in [0.2, 0.25) is 5.91 Å². The number of rotatable bonds is 3. The van der Waals surface area contributed by atoms with Crippen molar-refractivity contribution in [2.75, 3.05) is 20.2 Å². The summed E-state index contributed by atoms with van der Waals surface area (Å²) in [6.07, 6.45) is 4.86. The SMILES string of the molecule is CC.COC(=O)NC1CC(C(=O)N2CC3C(C2)C3c2ccc3c(c2)CCC3)C1. The van der Waals surface area contributed by atoms with E-state index in [9.17, 15) is 9.59 Å². The molecule has 1 aromatic carbocycles. The summed E-state index contributed by atoms with van der Waals surface area (Å²) in [5, 5.41) is 2.78. The summed E-state index contributed by atoms with van der Waals surface area (Å²) in [7, 11) is 1.37. The van der Waals surface area contributed by atoms with Crippen LogP contribution in [0.15, 0.2) is 18.2 Å². The van der Waals surface area contributed by atoms with Crippen LogP contribution in [0.2, 0.25) is 0 Å². The van der Waals surface area contributed by atoms with E-state index in [0.29, 0.717) is 17.8 Å². The third kappa shape index (κ3) is 3.40. The van der Waals surface area contributed by atoms with E-state index < -0.39 is 6.09 Å². The van der Waals surface area contributed by atoms with Crippen LogP contribution >= 0.6 is 0 Å². The van der Waals surface area contributed by atoms with Crippen molar-refractivity contribution in [3.8, 4) is 0 Å². The van der Waals surface area contributed by atoms with Gasteiger partial charge in [0.1, 0.15) is 0 Å². The van der Waals surface area contributed by atoms with Gasteiger partial charge >= 0.3 is 6.09 Å². The molecule has 1 aromatic rings. The lowest BCUT2D eigenvalue weighted by molar-refractivity contribution is -0.138. The largest absolute Gasteiger partial charge is 0.453 e. The monoisotopic (exact) mass is 384 g/mol. The number of methoxy groups -OCH3 is 1. The highest BCUT2D eigenvalue weighted by Gasteiger charge is 2.57. The first-order chi connectivity index (χ1) is 13.6. The first-order valence-corrected chi connectivity index (χ1v) is 10.9. The van der Waals surface area contributed by atoms with Crippen LogP contribution in [0.4, 0.5) is 4.79 Å². The van der Waals surface area contributed by atoms with E-state index in [-0.39, 0.29) is 17.9 Å². The van der Waals surface area contributed by atoms with Crippen LogP contribution in [-0.4, -0.2) is 43.1 Å². The molecule has 5 heteroatoms. The second kappa shape index (κ2) is 7.76. The number of aryl methyl sites for hydroxylation is 2. The Labute approximate surface area is 167 Å². The zero-order chi connectivity index (χ0) is 19.8. The Morgan fingerprint density at radius 2 is 1.75 bits per heavy atom. The molecule has 0 spiro atoms. The summed E-state index contributed by atoms with van der Waals surface area (Å²) in [6.45, 7) is 5.83. The van der Waals surface area contributed by atoms with Crippen LogP contribution in [-0.2, 0) is 22.4 Å². The van der Waals surface area contributed by atoms with Crippen LogP contribution in [0.1, 0.15) is 55.7 Å². The van der Waals surface area contributed by atoms with E-state index in [1.165, 1.54) is 37.5 Å². The molecule has 28 heavy (non-hydrogen) atoms. The van der Waals surface area contributed by atoms with Crippen LogP contribution in [0.5, 0.6) is 0 Å². The molecule has 2 amide bonds. The molecule has 2 atom stereocenters. The Morgan fingerprint density at radius 1 is 1.07 bits per heavy atom. The molecule has 1 aliphatic heterocycles. The van der Waals surface area contributed by atoms with Gasteiger partial charge in [0.15, 0.2) is 0 Å². The zero-order valence-corrected chi connectivity index (χ0v) is 17.2. The molecule has 0 aromatic heterocycles. The standard InChI is InChI=1S/C21H26N2O3.C2H6/c1-26-21(25)22-16-8-15(9-16)20(24)23-10-17-18(11-23)19(17)14-6-5-12-3-2-4-13(12)7-14;1-2/h5-7,15-19H,2-4,8-11H2,1H3,(H,22,25);1-2H3. The number of fused-ring (bicyclic) bond motifs is 2. The first kappa shape index (κ1) is 19.3. The van der Waals surface area contributed by atoms with E-state index in [1.54, 1.807) is 5.56 Å². The Bertz CT molecular complexity index is 744. The van der Waals surface area contributed by atoms with Gasteiger partial charge in [-0.3, -0.25) is 4.79 Å². The van der Waals surface area contributed by atoms with Gasteiger partial charge in [-0.15, -0.1) is 0 Å². The van der Waals surface area contributed by atoms with Gasteiger partial charge < -0.3 is 15.0 Å². The minimum atomic E-state index is -0.402. The summed E-state index contributed by atoms with van der Waals surface area (Å²) < 4.78 is 4.61. The number of amides is 2. The van der Waals surface area contributed by atoms with Gasteiger partial charge in [-0.2, -0.15) is 0 Å². The molecule has 4 aliphatic rings. The molecule has 2 saturated carbocycles. The molecule has 1 heterocycles. The highest BCUT2D eigenvalue weighted by atomic mass is 16.5. The summed E-state index contributed by atoms with van der Waals surface area (Å²) >= 11 is 0. The second-order valence-electron chi connectivity index (χ2n) is 8.48. The number of alkyl carbamates (subject to hydrolysis) is 1. The average Bonchev–Trinajstić information content (AvgIpc) is 3.05. The molecule has 1 saturated heterocycles. The van der Waals surface area contributed by atoms with Crippen molar-refractivity contribution in [1.82, 2.24) is 10.2 Å². The van der Waals surface area contributed by atoms with Crippen LogP contribution in [0.25, 0.3) is 0 Å². The molecule has 0 radical (unpaired) electrons. The Morgan fingerprint density at radius 3 is 2.43 bits per heavy atom. The molecule has 5 rings (SSSR count). The van der Waals surface area contributed by atoms with Crippen molar-refractivity contribution >= 4 is 12.0 Å². The van der Waals surface area contributed by atoms with Crippen LogP contribution in [0, 0.1) is 17.8 Å². The van der Waals surface area contributed by atoms with Crippen LogP contribution < -0.4 is 5.32 Å². The van der Waals surface area contributed by atoms with Gasteiger partial charge in [-0.05, 0) is 66.5 Å². The Balaban J connectivity index is 0.000000932. The highest BCUT2D eigenvalue weighted by molar-refractivity contribution is 5.81. The van der Waals surface area contributed by atoms with E-state index >= 15 is 0 Å². The normalized spacial score (nSPS) is 31.7. The number of hydrogen-bond donors (Lipinski definition) is 1. The molecule has 0 bridgehead atoms. The maximum atomic E-state index is 12.7. The average molecular weight is 385 g/mol. The fourth-order valence-corrected chi connectivity index (χ4v) is 5.42. The number of likely N-dealkylation sites (tertiary alicyclic amines) is 1. The summed E-state index contributed by atoms with van der Waals surface area (Å²) in [5.41, 5.74) is 4.59. The van der Waals surface area contributed by atoms with Gasteiger partial charge in [0, 0.05) is 25.0 Å². The molecule has 5 nitrogen and oxygen atoms in total. The quantitative estimate of drug-likeness (QED) is 0.868. The fraction of sp³-hybridized carbons (Fsp3) is 0.652. The summed E-state index contributed by atoms with van der Waals surface area (Å²) in [4.78, 5) is 26.0. The molecule has 152 valence electrons. The van der Waals surface area contributed by atoms with Crippen LogP contribution in [0.3, 0.4) is 0 Å². The number of nitrogens with one attached hydrogen (secondary N) is 1. The topological polar surface area (TPSA) is 58.6 Å². The lowest BCUT2D eigenvalue weighted by Gasteiger charge is -2.37. The van der Waals surface area contributed by atoms with Crippen molar-refractivity contribution in [3.63, 3.8) is 0 Å². The lowest BCUT2D eigenvalue weighted by Crippen LogP contribution is -2.50. The van der Waals surface area contributed by atoms with Crippen molar-refractivity contribution < 1.29 is 14.3 Å². The number of piperidine rings is 1. The smallest absolute Gasteiger partial charge is 0.407 e. The number of ether oxygens (including phenoxy) is 1. The van der Waals surface area contributed by atoms with Gasteiger partial charge in [0.05, 0.1) is 7.11 Å². The molecular weight excluding hydrogens is 352 g/mol. The molecule has 1 N–H and O–H groups in total. The predicted octanol–water partition coefficient (Wildman–Crippen LogP) is 3.51. The van der Waals surface area contributed by atoms with E-state index in [1.807, 2.05) is 13.8 Å². The van der Waals surface area contributed by atoms with E-state index in [2.05, 4.69) is 33.2 Å². The summed E-state index contributed by atoms with van der Waals surface area (Å²) in [5.74, 6) is 2.34. The minimum Gasteiger partial charge on any atom is -0.453 e. The zero-order valence-electron chi connectivity index (χ0n) is 17.2. The summed E-state index contributed by atoms with van der Waals surface area (Å²) in [6, 6.07) is 7.19. The van der Waals surface area contributed by atoms with E-state index in [4.69, 9.17) is 0 Å². The number of hydrogen-bond acceptors (Lipinski definition) is 3. The Hall–Kier alpha value is -2.04. The van der Waals surface area contributed by atoms with Crippen molar-refractivity contribution in [2.24, 2.45) is 17.8 Å². The number of nitrogens with zero attached hydrogens (tertiary/aromatic N) is 1. The predicted molar refractivity (Wildman–Crippen MR) is 108 cm³/mol. The van der Waals surface area contributed by atoms with E-state index in [0.717, 1.165) is 25.9 Å². The fourth-order valence-electron chi connectivity index (χ4n) is 5.42. The Kier molecular flexibility index (Phi) is 5.35. The third-order valence-electron chi connectivity index (χ3n) is 7.01. The maximum Gasteiger partial charge on any atom is 0.407 e. The minimum absolute atomic E-state index is 0.0769. The number of carbonyl (C=O) groups excluding carboxylic acids is 2. The van der Waals surface area contributed by atoms with Gasteiger partial charge in [0.25, 0.3) is 0 Å². The lowest BCUT2D eigenvalue weighted by atomic mass is 9.79. The second-order valence-corrected chi connectivity index (χ2v) is 8.48. The first-order valence-electron chi connectivity index (χ1n) is 10.9. The van der Waals surface area contributed by atoms with Crippen molar-refractivity contribution in [3.05, 3.63) is 34.9 Å².